The molecule has 0 aromatic heterocycles. The normalized spacial score (nSPS) is 9.64. The number of rotatable bonds is 4. The standard InChI is InChI=1S/C11H13BrO2/c1-4-5-8-6-7-9(13-2)10(12)11(8)14-3/h4,6-7H,1,5H2,2-3H3. The number of hydrogen-bond acceptors (Lipinski definition) is 2. The van der Waals surface area contributed by atoms with Gasteiger partial charge in [0.25, 0.3) is 0 Å². The Bertz CT molecular complexity index is 334. The Labute approximate surface area is 92.7 Å². The van der Waals surface area contributed by atoms with E-state index in [2.05, 4.69) is 22.5 Å². The van der Waals surface area contributed by atoms with Gasteiger partial charge in [-0.25, -0.2) is 0 Å². The highest BCUT2D eigenvalue weighted by molar-refractivity contribution is 9.10. The summed E-state index contributed by atoms with van der Waals surface area (Å²) in [5.41, 5.74) is 1.09. The van der Waals surface area contributed by atoms with Crippen molar-refractivity contribution in [2.75, 3.05) is 14.2 Å². The van der Waals surface area contributed by atoms with Crippen LogP contribution in [-0.2, 0) is 6.42 Å². The molecule has 0 N–H and O–H groups in total. The van der Waals surface area contributed by atoms with Crippen LogP contribution in [0.4, 0.5) is 0 Å². The number of ether oxygens (including phenoxy) is 2. The van der Waals surface area contributed by atoms with Gasteiger partial charge in [0.1, 0.15) is 16.0 Å². The molecule has 0 amide bonds. The fourth-order valence-electron chi connectivity index (χ4n) is 1.27. The van der Waals surface area contributed by atoms with Crippen molar-refractivity contribution in [3.8, 4) is 11.5 Å². The maximum Gasteiger partial charge on any atom is 0.140 e. The van der Waals surface area contributed by atoms with E-state index in [1.165, 1.54) is 0 Å². The first-order valence-corrected chi connectivity index (χ1v) is 5.04. The zero-order chi connectivity index (χ0) is 10.6. The van der Waals surface area contributed by atoms with Crippen molar-refractivity contribution in [2.24, 2.45) is 0 Å². The summed E-state index contributed by atoms with van der Waals surface area (Å²) in [6, 6.07) is 3.88. The summed E-state index contributed by atoms with van der Waals surface area (Å²) in [4.78, 5) is 0. The van der Waals surface area contributed by atoms with Gasteiger partial charge in [-0.1, -0.05) is 12.1 Å². The van der Waals surface area contributed by atoms with Gasteiger partial charge in [-0.15, -0.1) is 6.58 Å². The third kappa shape index (κ3) is 2.10. The van der Waals surface area contributed by atoms with E-state index < -0.39 is 0 Å². The van der Waals surface area contributed by atoms with Crippen LogP contribution in [0.5, 0.6) is 11.5 Å². The summed E-state index contributed by atoms with van der Waals surface area (Å²) in [6.45, 7) is 3.70. The number of methoxy groups -OCH3 is 2. The van der Waals surface area contributed by atoms with E-state index in [0.29, 0.717) is 0 Å². The molecule has 0 aliphatic rings. The molecular weight excluding hydrogens is 244 g/mol. The molecule has 0 saturated heterocycles. The molecule has 0 fully saturated rings. The fourth-order valence-corrected chi connectivity index (χ4v) is 1.98. The van der Waals surface area contributed by atoms with Gasteiger partial charge in [0, 0.05) is 0 Å². The van der Waals surface area contributed by atoms with Crippen molar-refractivity contribution >= 4 is 15.9 Å². The van der Waals surface area contributed by atoms with E-state index >= 15 is 0 Å². The third-order valence-corrected chi connectivity index (χ3v) is 2.68. The number of hydrogen-bond donors (Lipinski definition) is 0. The van der Waals surface area contributed by atoms with E-state index in [-0.39, 0.29) is 0 Å². The molecule has 1 aromatic rings. The molecule has 0 spiro atoms. The second-order valence-electron chi connectivity index (χ2n) is 2.77. The topological polar surface area (TPSA) is 18.5 Å². The highest BCUT2D eigenvalue weighted by Crippen LogP contribution is 2.37. The zero-order valence-corrected chi connectivity index (χ0v) is 9.93. The van der Waals surface area contributed by atoms with E-state index in [1.54, 1.807) is 14.2 Å². The first-order valence-electron chi connectivity index (χ1n) is 4.24. The fraction of sp³-hybridized carbons (Fsp3) is 0.273. The lowest BCUT2D eigenvalue weighted by molar-refractivity contribution is 0.387. The van der Waals surface area contributed by atoms with Crippen LogP contribution in [0.1, 0.15) is 5.56 Å². The van der Waals surface area contributed by atoms with Gasteiger partial charge in [0.2, 0.25) is 0 Å². The molecule has 0 aliphatic heterocycles. The van der Waals surface area contributed by atoms with Crippen LogP contribution in [0.25, 0.3) is 0 Å². The Balaban J connectivity index is 3.20. The molecule has 2 nitrogen and oxygen atoms in total. The molecule has 76 valence electrons. The average Bonchev–Trinajstić information content (AvgIpc) is 2.19. The van der Waals surface area contributed by atoms with Crippen molar-refractivity contribution in [3.63, 3.8) is 0 Å². The molecule has 3 heteroatoms. The number of halogens is 1. The summed E-state index contributed by atoms with van der Waals surface area (Å²) < 4.78 is 11.3. The Kier molecular flexibility index (Phi) is 4.01. The molecule has 0 unspecified atom stereocenters. The summed E-state index contributed by atoms with van der Waals surface area (Å²) in [7, 11) is 3.28. The Morgan fingerprint density at radius 3 is 2.57 bits per heavy atom. The minimum Gasteiger partial charge on any atom is -0.495 e. The van der Waals surface area contributed by atoms with Gasteiger partial charge in [0.15, 0.2) is 0 Å². The Morgan fingerprint density at radius 2 is 2.07 bits per heavy atom. The third-order valence-electron chi connectivity index (χ3n) is 1.93. The summed E-state index contributed by atoms with van der Waals surface area (Å²) in [6.07, 6.45) is 2.63. The van der Waals surface area contributed by atoms with Gasteiger partial charge in [-0.3, -0.25) is 0 Å². The van der Waals surface area contributed by atoms with Crippen LogP contribution in [-0.4, -0.2) is 14.2 Å². The molecule has 0 aliphatic carbocycles. The molecule has 1 rings (SSSR count). The van der Waals surface area contributed by atoms with E-state index in [4.69, 9.17) is 9.47 Å². The van der Waals surface area contributed by atoms with Gasteiger partial charge >= 0.3 is 0 Å². The second kappa shape index (κ2) is 5.05. The molecule has 14 heavy (non-hydrogen) atoms. The van der Waals surface area contributed by atoms with E-state index in [9.17, 15) is 0 Å². The van der Waals surface area contributed by atoms with Gasteiger partial charge in [0.05, 0.1) is 14.2 Å². The molecule has 0 radical (unpaired) electrons. The molecule has 0 bridgehead atoms. The van der Waals surface area contributed by atoms with Gasteiger partial charge in [-0.2, -0.15) is 0 Å². The number of allylic oxidation sites excluding steroid dienone is 1. The highest BCUT2D eigenvalue weighted by atomic mass is 79.9. The second-order valence-corrected chi connectivity index (χ2v) is 3.56. The lowest BCUT2D eigenvalue weighted by Gasteiger charge is -2.11. The van der Waals surface area contributed by atoms with Crippen LogP contribution in [0, 0.1) is 0 Å². The van der Waals surface area contributed by atoms with Crippen LogP contribution >= 0.6 is 15.9 Å². The molecule has 1 aromatic carbocycles. The molecular formula is C11H13BrO2. The van der Waals surface area contributed by atoms with Crippen molar-refractivity contribution in [2.45, 2.75) is 6.42 Å². The molecule has 0 heterocycles. The largest absolute Gasteiger partial charge is 0.495 e. The minimum atomic E-state index is 0.773. The van der Waals surface area contributed by atoms with Crippen molar-refractivity contribution < 1.29 is 9.47 Å². The van der Waals surface area contributed by atoms with Crippen molar-refractivity contribution in [1.82, 2.24) is 0 Å². The first kappa shape index (κ1) is 11.1. The maximum atomic E-state index is 5.30. The predicted molar refractivity (Wildman–Crippen MR) is 61.1 cm³/mol. The van der Waals surface area contributed by atoms with Gasteiger partial charge in [-0.05, 0) is 34.0 Å². The number of benzene rings is 1. The van der Waals surface area contributed by atoms with Crippen LogP contribution in [0.15, 0.2) is 29.3 Å². The monoisotopic (exact) mass is 256 g/mol. The molecule has 0 atom stereocenters. The lowest BCUT2D eigenvalue weighted by atomic mass is 10.1. The minimum absolute atomic E-state index is 0.773. The zero-order valence-electron chi connectivity index (χ0n) is 8.34. The van der Waals surface area contributed by atoms with E-state index in [1.807, 2.05) is 18.2 Å². The quantitative estimate of drug-likeness (QED) is 0.771. The maximum absolute atomic E-state index is 5.30. The first-order chi connectivity index (χ1) is 6.74. The highest BCUT2D eigenvalue weighted by Gasteiger charge is 2.10. The van der Waals surface area contributed by atoms with Crippen molar-refractivity contribution in [1.29, 1.82) is 0 Å². The van der Waals surface area contributed by atoms with Gasteiger partial charge < -0.3 is 9.47 Å². The summed E-state index contributed by atoms with van der Waals surface area (Å²) in [5, 5.41) is 0. The van der Waals surface area contributed by atoms with Crippen molar-refractivity contribution in [3.05, 3.63) is 34.8 Å². The predicted octanol–water partition coefficient (Wildman–Crippen LogP) is 3.19. The van der Waals surface area contributed by atoms with E-state index in [0.717, 1.165) is 28.0 Å². The lowest BCUT2D eigenvalue weighted by Crippen LogP contribution is -1.94. The average molecular weight is 257 g/mol. The smallest absolute Gasteiger partial charge is 0.140 e. The Hall–Kier alpha value is -0.960. The SMILES string of the molecule is C=CCc1ccc(OC)c(Br)c1OC. The Morgan fingerprint density at radius 1 is 1.36 bits per heavy atom. The van der Waals surface area contributed by atoms with Crippen LogP contribution in [0.3, 0.4) is 0 Å². The van der Waals surface area contributed by atoms with Crippen LogP contribution < -0.4 is 9.47 Å². The molecule has 0 saturated carbocycles. The van der Waals surface area contributed by atoms with Crippen LogP contribution in [0.2, 0.25) is 0 Å². The summed E-state index contributed by atoms with van der Waals surface area (Å²) in [5.74, 6) is 1.58. The summed E-state index contributed by atoms with van der Waals surface area (Å²) >= 11 is 3.44.